The molecule has 2 aromatic rings. The van der Waals surface area contributed by atoms with Crippen LogP contribution in [0.3, 0.4) is 0 Å². The van der Waals surface area contributed by atoms with E-state index in [2.05, 4.69) is 55.2 Å². The number of hydrogen-bond acceptors (Lipinski definition) is 2. The number of fused-ring (bicyclic) bond motifs is 3. The maximum Gasteiger partial charge on any atom is 0.159 e. The molecular weight excluding hydrogens is 212 g/mol. The predicted octanol–water partition coefficient (Wildman–Crippen LogP) is 2.47. The van der Waals surface area contributed by atoms with Crippen molar-refractivity contribution in [1.29, 1.82) is 0 Å². The van der Waals surface area contributed by atoms with E-state index in [1.807, 2.05) is 0 Å². The molecule has 1 aliphatic rings. The van der Waals surface area contributed by atoms with Crippen molar-refractivity contribution in [3.05, 3.63) is 35.5 Å². The summed E-state index contributed by atoms with van der Waals surface area (Å²) < 4.78 is 5.98. The highest BCUT2D eigenvalue weighted by Crippen LogP contribution is 2.37. The van der Waals surface area contributed by atoms with Gasteiger partial charge >= 0.3 is 0 Å². The number of rotatable bonds is 1. The lowest BCUT2D eigenvalue weighted by molar-refractivity contribution is -0.142. The minimum absolute atomic E-state index is 0.341. The van der Waals surface area contributed by atoms with Gasteiger partial charge in [0, 0.05) is 10.9 Å². The van der Waals surface area contributed by atoms with Crippen LogP contribution >= 0.6 is 0 Å². The van der Waals surface area contributed by atoms with Crippen molar-refractivity contribution in [3.8, 4) is 0 Å². The van der Waals surface area contributed by atoms with Gasteiger partial charge in [-0.15, -0.1) is 0 Å². The molecule has 2 heterocycles. The zero-order valence-electron chi connectivity index (χ0n) is 10.6. The molecule has 0 spiro atoms. The summed E-state index contributed by atoms with van der Waals surface area (Å²) in [6, 6.07) is 8.48. The first-order valence-electron chi connectivity index (χ1n) is 6.04. The molecule has 1 aromatic carbocycles. The first-order valence-corrected chi connectivity index (χ1v) is 6.04. The Hall–Kier alpha value is -1.32. The van der Waals surface area contributed by atoms with Gasteiger partial charge in [0.1, 0.15) is 0 Å². The largest absolute Gasteiger partial charge is 0.355 e. The first-order chi connectivity index (χ1) is 8.13. The Morgan fingerprint density at radius 2 is 2.06 bits per heavy atom. The molecule has 1 unspecified atom stereocenters. The number of para-hydroxylation sites is 1. The van der Waals surface area contributed by atoms with Crippen molar-refractivity contribution < 1.29 is 4.74 Å². The van der Waals surface area contributed by atoms with Crippen LogP contribution < -0.4 is 0 Å². The fourth-order valence-corrected chi connectivity index (χ4v) is 2.63. The fraction of sp³-hybridized carbons (Fsp3) is 0.429. The minimum Gasteiger partial charge on any atom is -0.355 e. The quantitative estimate of drug-likeness (QED) is 0.815. The molecule has 3 heteroatoms. The lowest BCUT2D eigenvalue weighted by Crippen LogP contribution is -2.44. The molecule has 0 saturated heterocycles. The standard InChI is InChI=1S/C14H18N2O/c1-14(16(2)3)13-11(8-9-17-14)10-6-4-5-7-12(10)15-13/h4-7,15H,8-9H2,1-3H3. The average Bonchev–Trinajstić information content (AvgIpc) is 2.70. The topological polar surface area (TPSA) is 28.3 Å². The molecule has 1 aliphatic heterocycles. The van der Waals surface area contributed by atoms with E-state index in [1.165, 1.54) is 22.2 Å². The highest BCUT2D eigenvalue weighted by Gasteiger charge is 2.37. The summed E-state index contributed by atoms with van der Waals surface area (Å²) in [4.78, 5) is 5.65. The van der Waals surface area contributed by atoms with Crippen LogP contribution in [0.1, 0.15) is 18.2 Å². The molecule has 17 heavy (non-hydrogen) atoms. The van der Waals surface area contributed by atoms with Gasteiger partial charge in [0.05, 0.1) is 12.3 Å². The summed E-state index contributed by atoms with van der Waals surface area (Å²) in [5.74, 6) is 0. The molecule has 1 atom stereocenters. The van der Waals surface area contributed by atoms with Crippen molar-refractivity contribution in [2.24, 2.45) is 0 Å². The lowest BCUT2D eigenvalue weighted by Gasteiger charge is -2.39. The van der Waals surface area contributed by atoms with Gasteiger partial charge in [0.15, 0.2) is 5.72 Å². The monoisotopic (exact) mass is 230 g/mol. The van der Waals surface area contributed by atoms with Gasteiger partial charge in [-0.3, -0.25) is 4.90 Å². The van der Waals surface area contributed by atoms with Crippen molar-refractivity contribution in [1.82, 2.24) is 9.88 Å². The Labute approximate surface area is 101 Å². The molecule has 0 fully saturated rings. The van der Waals surface area contributed by atoms with Crippen molar-refractivity contribution in [2.75, 3.05) is 20.7 Å². The number of nitrogens with one attached hydrogen (secondary N) is 1. The van der Waals surface area contributed by atoms with Crippen LogP contribution in [-0.2, 0) is 16.9 Å². The van der Waals surface area contributed by atoms with Gasteiger partial charge < -0.3 is 9.72 Å². The van der Waals surface area contributed by atoms with E-state index in [0.29, 0.717) is 0 Å². The van der Waals surface area contributed by atoms with Gasteiger partial charge in [-0.25, -0.2) is 0 Å². The number of aromatic amines is 1. The van der Waals surface area contributed by atoms with E-state index in [4.69, 9.17) is 4.74 Å². The average molecular weight is 230 g/mol. The van der Waals surface area contributed by atoms with Crippen LogP contribution in [0.25, 0.3) is 10.9 Å². The number of aromatic nitrogens is 1. The van der Waals surface area contributed by atoms with E-state index in [-0.39, 0.29) is 5.72 Å². The van der Waals surface area contributed by atoms with Crippen LogP contribution in [0.5, 0.6) is 0 Å². The highest BCUT2D eigenvalue weighted by molar-refractivity contribution is 5.85. The third-order valence-corrected chi connectivity index (χ3v) is 3.87. The van der Waals surface area contributed by atoms with E-state index in [0.717, 1.165) is 13.0 Å². The maximum absolute atomic E-state index is 5.98. The van der Waals surface area contributed by atoms with Gasteiger partial charge in [-0.05, 0) is 39.1 Å². The first kappa shape index (κ1) is 10.8. The SMILES string of the molecule is CN(C)C1(C)OCCc2c1[nH]c1ccccc21. The molecule has 1 aromatic heterocycles. The lowest BCUT2D eigenvalue weighted by atomic mass is 9.98. The molecule has 3 rings (SSSR count). The van der Waals surface area contributed by atoms with Gasteiger partial charge in [0.25, 0.3) is 0 Å². The van der Waals surface area contributed by atoms with E-state index in [9.17, 15) is 0 Å². The van der Waals surface area contributed by atoms with E-state index >= 15 is 0 Å². The minimum atomic E-state index is -0.341. The van der Waals surface area contributed by atoms with E-state index < -0.39 is 0 Å². The molecule has 0 radical (unpaired) electrons. The molecule has 0 bridgehead atoms. The molecule has 90 valence electrons. The van der Waals surface area contributed by atoms with Gasteiger partial charge in [-0.2, -0.15) is 0 Å². The molecule has 3 nitrogen and oxygen atoms in total. The van der Waals surface area contributed by atoms with Crippen LogP contribution in [0.15, 0.2) is 24.3 Å². The summed E-state index contributed by atoms with van der Waals surface area (Å²) >= 11 is 0. The second-order valence-corrected chi connectivity index (χ2v) is 5.00. The number of ether oxygens (including phenoxy) is 1. The summed E-state index contributed by atoms with van der Waals surface area (Å²) in [5, 5.41) is 1.33. The van der Waals surface area contributed by atoms with Crippen molar-refractivity contribution in [2.45, 2.75) is 19.1 Å². The van der Waals surface area contributed by atoms with Crippen molar-refractivity contribution >= 4 is 10.9 Å². The van der Waals surface area contributed by atoms with Crippen LogP contribution in [0.4, 0.5) is 0 Å². The Kier molecular flexibility index (Phi) is 2.28. The Morgan fingerprint density at radius 1 is 1.29 bits per heavy atom. The smallest absolute Gasteiger partial charge is 0.159 e. The second kappa shape index (κ2) is 3.59. The Morgan fingerprint density at radius 3 is 2.82 bits per heavy atom. The van der Waals surface area contributed by atoms with Crippen LogP contribution in [-0.4, -0.2) is 30.6 Å². The summed E-state index contributed by atoms with van der Waals surface area (Å²) in [6.45, 7) is 2.91. The number of H-pyrrole nitrogens is 1. The number of benzene rings is 1. The van der Waals surface area contributed by atoms with Crippen LogP contribution in [0, 0.1) is 0 Å². The zero-order valence-corrected chi connectivity index (χ0v) is 10.6. The molecule has 1 N–H and O–H groups in total. The number of nitrogens with zero attached hydrogens (tertiary/aromatic N) is 1. The Bertz CT molecular complexity index is 558. The Balaban J connectivity index is 2.28. The maximum atomic E-state index is 5.98. The summed E-state index contributed by atoms with van der Waals surface area (Å²) in [5.41, 5.74) is 3.47. The summed E-state index contributed by atoms with van der Waals surface area (Å²) in [7, 11) is 4.11. The molecule has 0 saturated carbocycles. The molecule has 0 amide bonds. The third kappa shape index (κ3) is 1.43. The van der Waals surface area contributed by atoms with E-state index in [1.54, 1.807) is 0 Å². The normalized spacial score (nSPS) is 24.2. The number of hydrogen-bond donors (Lipinski definition) is 1. The predicted molar refractivity (Wildman–Crippen MR) is 69.0 cm³/mol. The van der Waals surface area contributed by atoms with Crippen LogP contribution in [0.2, 0.25) is 0 Å². The fourth-order valence-electron chi connectivity index (χ4n) is 2.63. The second-order valence-electron chi connectivity index (χ2n) is 5.00. The highest BCUT2D eigenvalue weighted by atomic mass is 16.5. The van der Waals surface area contributed by atoms with Gasteiger partial charge in [-0.1, -0.05) is 18.2 Å². The molecule has 0 aliphatic carbocycles. The van der Waals surface area contributed by atoms with Crippen molar-refractivity contribution in [3.63, 3.8) is 0 Å². The zero-order chi connectivity index (χ0) is 12.0. The molecular formula is C14H18N2O. The third-order valence-electron chi connectivity index (χ3n) is 3.87. The summed E-state index contributed by atoms with van der Waals surface area (Å²) in [6.07, 6.45) is 0.989. The van der Waals surface area contributed by atoms with Gasteiger partial charge in [0.2, 0.25) is 0 Å².